The monoisotopic (exact) mass is 452 g/mol. The number of hydrogen-bond acceptors (Lipinski definition) is 5. The fraction of sp³-hybridized carbons (Fsp3) is 0.500. The normalized spacial score (nSPS) is 16.6. The summed E-state index contributed by atoms with van der Waals surface area (Å²) < 4.78 is 11.2. The van der Waals surface area contributed by atoms with Gasteiger partial charge in [-0.05, 0) is 63.1 Å². The standard InChI is InChI=1S/C28H36O5/c1-28(2,3)33-27(31)24(25(29)21-14-8-5-9-15-21)18-22-16-10-11-17-23(22)26(30)32-19-20-12-6-4-7-13-20/h4,6-7,10-13,16-17,21,24-25,29H,5,8-9,14-15,18-19H2,1-3H3. The van der Waals surface area contributed by atoms with Crippen LogP contribution in [-0.2, 0) is 27.3 Å². The summed E-state index contributed by atoms with van der Waals surface area (Å²) in [5.74, 6) is -1.54. The van der Waals surface area contributed by atoms with Crippen LogP contribution in [0.15, 0.2) is 54.6 Å². The first-order valence-electron chi connectivity index (χ1n) is 11.9. The van der Waals surface area contributed by atoms with Crippen molar-refractivity contribution in [1.29, 1.82) is 0 Å². The van der Waals surface area contributed by atoms with Crippen LogP contribution in [0.1, 0.15) is 74.4 Å². The van der Waals surface area contributed by atoms with Gasteiger partial charge in [0.1, 0.15) is 12.2 Å². The molecule has 3 rings (SSSR count). The van der Waals surface area contributed by atoms with E-state index in [1.807, 2.05) is 63.2 Å². The van der Waals surface area contributed by atoms with Crippen molar-refractivity contribution in [2.24, 2.45) is 11.8 Å². The van der Waals surface area contributed by atoms with Crippen molar-refractivity contribution in [2.45, 2.75) is 77.6 Å². The Labute approximate surface area is 197 Å². The van der Waals surface area contributed by atoms with Crippen LogP contribution in [0.3, 0.4) is 0 Å². The van der Waals surface area contributed by atoms with Gasteiger partial charge < -0.3 is 14.6 Å². The molecule has 1 fully saturated rings. The number of aliphatic hydroxyl groups excluding tert-OH is 1. The van der Waals surface area contributed by atoms with E-state index in [0.29, 0.717) is 11.1 Å². The zero-order valence-electron chi connectivity index (χ0n) is 20.0. The Hall–Kier alpha value is -2.66. The Morgan fingerprint density at radius 3 is 2.27 bits per heavy atom. The molecule has 2 unspecified atom stereocenters. The van der Waals surface area contributed by atoms with E-state index in [1.54, 1.807) is 12.1 Å². The maximum atomic E-state index is 13.1. The third-order valence-corrected chi connectivity index (χ3v) is 6.14. The van der Waals surface area contributed by atoms with Gasteiger partial charge >= 0.3 is 11.9 Å². The lowest BCUT2D eigenvalue weighted by Gasteiger charge is -2.33. The fourth-order valence-electron chi connectivity index (χ4n) is 4.46. The predicted molar refractivity (Wildman–Crippen MR) is 128 cm³/mol. The largest absolute Gasteiger partial charge is 0.460 e. The number of carbonyl (C=O) groups is 2. The third-order valence-electron chi connectivity index (χ3n) is 6.14. The summed E-state index contributed by atoms with van der Waals surface area (Å²) in [6.07, 6.45) is 4.51. The number of aliphatic hydroxyl groups is 1. The van der Waals surface area contributed by atoms with Crippen LogP contribution < -0.4 is 0 Å². The molecule has 0 saturated heterocycles. The van der Waals surface area contributed by atoms with E-state index in [-0.39, 0.29) is 18.9 Å². The first-order chi connectivity index (χ1) is 15.7. The first-order valence-corrected chi connectivity index (χ1v) is 11.9. The quantitative estimate of drug-likeness (QED) is 0.537. The van der Waals surface area contributed by atoms with Crippen LogP contribution >= 0.6 is 0 Å². The van der Waals surface area contributed by atoms with Gasteiger partial charge in [-0.2, -0.15) is 0 Å². The van der Waals surface area contributed by atoms with E-state index in [4.69, 9.17) is 9.47 Å². The van der Waals surface area contributed by atoms with Crippen molar-refractivity contribution in [3.8, 4) is 0 Å². The fourth-order valence-corrected chi connectivity index (χ4v) is 4.46. The third kappa shape index (κ3) is 7.43. The summed E-state index contributed by atoms with van der Waals surface area (Å²) in [5, 5.41) is 11.2. The molecule has 1 aliphatic carbocycles. The predicted octanol–water partition coefficient (Wildman–Crippen LogP) is 5.49. The molecule has 178 valence electrons. The highest BCUT2D eigenvalue weighted by Crippen LogP contribution is 2.32. The molecule has 5 heteroatoms. The minimum absolute atomic E-state index is 0.0634. The molecule has 0 heterocycles. The second kappa shape index (κ2) is 11.5. The molecule has 33 heavy (non-hydrogen) atoms. The Morgan fingerprint density at radius 1 is 0.970 bits per heavy atom. The summed E-state index contributed by atoms with van der Waals surface area (Å²) in [6.45, 7) is 5.64. The van der Waals surface area contributed by atoms with Crippen LogP contribution in [0.4, 0.5) is 0 Å². The van der Waals surface area contributed by atoms with Gasteiger partial charge in [0.15, 0.2) is 0 Å². The lowest BCUT2D eigenvalue weighted by atomic mass is 9.78. The summed E-state index contributed by atoms with van der Waals surface area (Å²) >= 11 is 0. The van der Waals surface area contributed by atoms with Crippen molar-refractivity contribution in [3.05, 3.63) is 71.3 Å². The van der Waals surface area contributed by atoms with E-state index >= 15 is 0 Å². The molecule has 0 bridgehead atoms. The Kier molecular flexibility index (Phi) is 8.67. The number of carbonyl (C=O) groups excluding carboxylic acids is 2. The highest BCUT2D eigenvalue weighted by molar-refractivity contribution is 5.91. The van der Waals surface area contributed by atoms with Gasteiger partial charge in [0.05, 0.1) is 17.6 Å². The SMILES string of the molecule is CC(C)(C)OC(=O)C(Cc1ccccc1C(=O)OCc1ccccc1)C(O)C1CCCCC1. The van der Waals surface area contributed by atoms with Gasteiger partial charge in [0.2, 0.25) is 0 Å². The number of rotatable bonds is 8. The van der Waals surface area contributed by atoms with Crippen LogP contribution in [0.25, 0.3) is 0 Å². The molecule has 1 aliphatic rings. The van der Waals surface area contributed by atoms with Gasteiger partial charge in [0.25, 0.3) is 0 Å². The number of benzene rings is 2. The molecule has 0 radical (unpaired) electrons. The van der Waals surface area contributed by atoms with E-state index in [0.717, 1.165) is 37.7 Å². The topological polar surface area (TPSA) is 72.8 Å². The van der Waals surface area contributed by atoms with Gasteiger partial charge in [-0.25, -0.2) is 4.79 Å². The average Bonchev–Trinajstić information content (AvgIpc) is 2.81. The zero-order valence-corrected chi connectivity index (χ0v) is 20.0. The summed E-state index contributed by atoms with van der Waals surface area (Å²) in [6, 6.07) is 16.7. The van der Waals surface area contributed by atoms with Gasteiger partial charge in [0, 0.05) is 0 Å². The molecule has 1 saturated carbocycles. The molecule has 0 aromatic heterocycles. The van der Waals surface area contributed by atoms with Crippen LogP contribution in [0.2, 0.25) is 0 Å². The van der Waals surface area contributed by atoms with Crippen molar-refractivity contribution >= 4 is 11.9 Å². The molecule has 0 amide bonds. The number of esters is 2. The Balaban J connectivity index is 1.79. The highest BCUT2D eigenvalue weighted by atomic mass is 16.6. The maximum Gasteiger partial charge on any atom is 0.338 e. The lowest BCUT2D eigenvalue weighted by Crippen LogP contribution is -2.40. The van der Waals surface area contributed by atoms with Crippen molar-refractivity contribution in [3.63, 3.8) is 0 Å². The smallest absolute Gasteiger partial charge is 0.338 e. The van der Waals surface area contributed by atoms with Crippen molar-refractivity contribution in [2.75, 3.05) is 0 Å². The summed E-state index contributed by atoms with van der Waals surface area (Å²) in [7, 11) is 0. The van der Waals surface area contributed by atoms with Crippen molar-refractivity contribution < 1.29 is 24.2 Å². The second-order valence-electron chi connectivity index (χ2n) is 9.95. The second-order valence-corrected chi connectivity index (χ2v) is 9.95. The molecule has 0 aliphatic heterocycles. The number of ether oxygens (including phenoxy) is 2. The van der Waals surface area contributed by atoms with E-state index in [2.05, 4.69) is 0 Å². The van der Waals surface area contributed by atoms with Crippen LogP contribution in [0, 0.1) is 11.8 Å². The molecular weight excluding hydrogens is 416 g/mol. The summed E-state index contributed by atoms with van der Waals surface area (Å²) in [4.78, 5) is 26.0. The minimum Gasteiger partial charge on any atom is -0.460 e. The molecule has 2 atom stereocenters. The Morgan fingerprint density at radius 2 is 1.61 bits per heavy atom. The van der Waals surface area contributed by atoms with Gasteiger partial charge in [-0.15, -0.1) is 0 Å². The maximum absolute atomic E-state index is 13.1. The molecule has 1 N–H and O–H groups in total. The summed E-state index contributed by atoms with van der Waals surface area (Å²) in [5.41, 5.74) is 1.34. The Bertz CT molecular complexity index is 909. The van der Waals surface area contributed by atoms with E-state index in [9.17, 15) is 14.7 Å². The minimum atomic E-state index is -0.812. The van der Waals surface area contributed by atoms with Gasteiger partial charge in [-0.3, -0.25) is 4.79 Å². The molecular formula is C28H36O5. The van der Waals surface area contributed by atoms with Crippen LogP contribution in [-0.4, -0.2) is 28.8 Å². The van der Waals surface area contributed by atoms with E-state index < -0.39 is 29.6 Å². The highest BCUT2D eigenvalue weighted by Gasteiger charge is 2.37. The lowest BCUT2D eigenvalue weighted by molar-refractivity contribution is -0.165. The molecule has 2 aromatic carbocycles. The average molecular weight is 453 g/mol. The molecule has 2 aromatic rings. The molecule has 5 nitrogen and oxygen atoms in total. The zero-order chi connectivity index (χ0) is 23.8. The van der Waals surface area contributed by atoms with Crippen molar-refractivity contribution in [1.82, 2.24) is 0 Å². The number of hydrogen-bond donors (Lipinski definition) is 1. The van der Waals surface area contributed by atoms with Gasteiger partial charge in [-0.1, -0.05) is 67.8 Å². The molecule has 0 spiro atoms. The first kappa shape index (κ1) is 25.0. The van der Waals surface area contributed by atoms with E-state index in [1.165, 1.54) is 0 Å². The van der Waals surface area contributed by atoms with Crippen LogP contribution in [0.5, 0.6) is 0 Å².